The normalized spacial score (nSPS) is 10.2. The molecule has 1 heterocycles. The van der Waals surface area contributed by atoms with Gasteiger partial charge in [0, 0.05) is 6.07 Å². The zero-order valence-electron chi connectivity index (χ0n) is 10.3. The Hall–Kier alpha value is -2.70. The molecular formula is C13H9F2NO4. The first-order valence-corrected chi connectivity index (χ1v) is 5.41. The third-order valence-electron chi connectivity index (χ3n) is 2.39. The molecule has 0 unspecified atom stereocenters. The van der Waals surface area contributed by atoms with Crippen LogP contribution in [0.15, 0.2) is 30.5 Å². The quantitative estimate of drug-likeness (QED) is 0.933. The van der Waals surface area contributed by atoms with Crippen LogP contribution in [0.4, 0.5) is 8.78 Å². The van der Waals surface area contributed by atoms with Gasteiger partial charge in [0.15, 0.2) is 17.3 Å². The van der Waals surface area contributed by atoms with E-state index in [4.69, 9.17) is 14.6 Å². The first kappa shape index (κ1) is 13.7. The molecule has 0 aliphatic carbocycles. The van der Waals surface area contributed by atoms with E-state index >= 15 is 0 Å². The molecule has 0 aliphatic heterocycles. The van der Waals surface area contributed by atoms with Gasteiger partial charge in [0.2, 0.25) is 0 Å². The molecular weight excluding hydrogens is 272 g/mol. The lowest BCUT2D eigenvalue weighted by atomic mass is 10.2. The van der Waals surface area contributed by atoms with Crippen molar-refractivity contribution in [3.8, 4) is 17.4 Å². The van der Waals surface area contributed by atoms with Crippen LogP contribution >= 0.6 is 0 Å². The number of carbonyl (C=O) groups is 1. The zero-order valence-corrected chi connectivity index (χ0v) is 10.3. The van der Waals surface area contributed by atoms with Crippen LogP contribution in [-0.2, 0) is 0 Å². The first-order chi connectivity index (χ1) is 9.51. The van der Waals surface area contributed by atoms with Crippen LogP contribution in [0.25, 0.3) is 0 Å². The van der Waals surface area contributed by atoms with Gasteiger partial charge in [-0.25, -0.2) is 18.6 Å². The highest BCUT2D eigenvalue weighted by atomic mass is 19.1. The summed E-state index contributed by atoms with van der Waals surface area (Å²) in [5.41, 5.74) is -0.0664. The van der Waals surface area contributed by atoms with E-state index in [2.05, 4.69) is 4.98 Å². The monoisotopic (exact) mass is 281 g/mol. The second-order valence-electron chi connectivity index (χ2n) is 3.71. The minimum absolute atomic E-state index is 0.0367. The van der Waals surface area contributed by atoms with Gasteiger partial charge in [0.1, 0.15) is 5.82 Å². The van der Waals surface area contributed by atoms with Crippen LogP contribution in [0.2, 0.25) is 0 Å². The molecule has 0 amide bonds. The second-order valence-corrected chi connectivity index (χ2v) is 3.71. The summed E-state index contributed by atoms with van der Waals surface area (Å²) in [7, 11) is 1.34. The van der Waals surface area contributed by atoms with E-state index in [-0.39, 0.29) is 17.1 Å². The number of rotatable bonds is 4. The van der Waals surface area contributed by atoms with Crippen molar-refractivity contribution in [3.63, 3.8) is 0 Å². The third kappa shape index (κ3) is 2.82. The maximum Gasteiger partial charge on any atom is 0.335 e. The van der Waals surface area contributed by atoms with Crippen molar-refractivity contribution < 1.29 is 28.2 Å². The van der Waals surface area contributed by atoms with Crippen LogP contribution < -0.4 is 9.47 Å². The average molecular weight is 281 g/mol. The minimum atomic E-state index is -1.18. The summed E-state index contributed by atoms with van der Waals surface area (Å²) in [6.45, 7) is 0. The summed E-state index contributed by atoms with van der Waals surface area (Å²) in [6, 6.07) is 4.43. The maximum absolute atomic E-state index is 13.4. The number of hydrogen-bond acceptors (Lipinski definition) is 4. The van der Waals surface area contributed by atoms with E-state index in [9.17, 15) is 13.6 Å². The standard InChI is InChI=1S/C13H9F2NO4/c1-19-10-3-2-7(13(17)18)4-11(10)20-12-9(15)5-8(14)6-16-12/h2-6H,1H3,(H,17,18). The van der Waals surface area contributed by atoms with Gasteiger partial charge in [0.05, 0.1) is 18.9 Å². The number of nitrogens with zero attached hydrogens (tertiary/aromatic N) is 1. The van der Waals surface area contributed by atoms with Crippen LogP contribution in [0.5, 0.6) is 17.4 Å². The highest BCUT2D eigenvalue weighted by Gasteiger charge is 2.14. The fourth-order valence-corrected chi connectivity index (χ4v) is 1.47. The molecule has 5 nitrogen and oxygen atoms in total. The van der Waals surface area contributed by atoms with Crippen molar-refractivity contribution in [3.05, 3.63) is 47.7 Å². The zero-order chi connectivity index (χ0) is 14.7. The van der Waals surface area contributed by atoms with E-state index in [0.717, 1.165) is 12.3 Å². The Balaban J connectivity index is 2.40. The van der Waals surface area contributed by atoms with Gasteiger partial charge in [-0.3, -0.25) is 0 Å². The number of aromatic carboxylic acids is 1. The lowest BCUT2D eigenvalue weighted by molar-refractivity contribution is 0.0696. The Morgan fingerprint density at radius 2 is 2.00 bits per heavy atom. The number of benzene rings is 1. The van der Waals surface area contributed by atoms with Crippen LogP contribution in [-0.4, -0.2) is 23.2 Å². The molecule has 0 aliphatic rings. The van der Waals surface area contributed by atoms with E-state index in [1.807, 2.05) is 0 Å². The predicted octanol–water partition coefficient (Wildman–Crippen LogP) is 2.86. The molecule has 0 atom stereocenters. The van der Waals surface area contributed by atoms with E-state index in [1.54, 1.807) is 0 Å². The minimum Gasteiger partial charge on any atom is -0.493 e. The predicted molar refractivity (Wildman–Crippen MR) is 64.2 cm³/mol. The molecule has 0 spiro atoms. The fourth-order valence-electron chi connectivity index (χ4n) is 1.47. The highest BCUT2D eigenvalue weighted by Crippen LogP contribution is 2.32. The number of carboxylic acids is 1. The summed E-state index contributed by atoms with van der Waals surface area (Å²) >= 11 is 0. The lowest BCUT2D eigenvalue weighted by Crippen LogP contribution is -2.00. The molecule has 0 bridgehead atoms. The highest BCUT2D eigenvalue weighted by molar-refractivity contribution is 5.88. The lowest BCUT2D eigenvalue weighted by Gasteiger charge is -2.10. The number of aromatic nitrogens is 1. The van der Waals surface area contributed by atoms with Gasteiger partial charge in [-0.2, -0.15) is 0 Å². The van der Waals surface area contributed by atoms with Crippen molar-refractivity contribution in [2.45, 2.75) is 0 Å². The van der Waals surface area contributed by atoms with E-state index < -0.39 is 23.5 Å². The van der Waals surface area contributed by atoms with Crippen molar-refractivity contribution in [1.29, 1.82) is 0 Å². The summed E-state index contributed by atoms with van der Waals surface area (Å²) in [6.07, 6.45) is 0.784. The number of pyridine rings is 1. The van der Waals surface area contributed by atoms with Gasteiger partial charge in [-0.15, -0.1) is 0 Å². The summed E-state index contributed by atoms with van der Waals surface area (Å²) in [5.74, 6) is -3.35. The van der Waals surface area contributed by atoms with Crippen LogP contribution in [0.3, 0.4) is 0 Å². The van der Waals surface area contributed by atoms with Crippen molar-refractivity contribution in [2.75, 3.05) is 7.11 Å². The number of halogens is 2. The largest absolute Gasteiger partial charge is 0.493 e. The van der Waals surface area contributed by atoms with Crippen molar-refractivity contribution in [2.24, 2.45) is 0 Å². The Morgan fingerprint density at radius 1 is 1.25 bits per heavy atom. The SMILES string of the molecule is COc1ccc(C(=O)O)cc1Oc1ncc(F)cc1F. The average Bonchev–Trinajstić information content (AvgIpc) is 2.41. The molecule has 0 fully saturated rings. The number of hydrogen-bond donors (Lipinski definition) is 1. The topological polar surface area (TPSA) is 68.7 Å². The first-order valence-electron chi connectivity index (χ1n) is 5.41. The summed E-state index contributed by atoms with van der Waals surface area (Å²) in [4.78, 5) is 14.3. The Morgan fingerprint density at radius 3 is 2.60 bits per heavy atom. The molecule has 2 aromatic rings. The molecule has 0 saturated heterocycles. The summed E-state index contributed by atoms with van der Waals surface area (Å²) < 4.78 is 36.3. The van der Waals surface area contributed by atoms with Crippen LogP contribution in [0, 0.1) is 11.6 Å². The van der Waals surface area contributed by atoms with Gasteiger partial charge >= 0.3 is 5.97 Å². The van der Waals surface area contributed by atoms with Crippen molar-refractivity contribution >= 4 is 5.97 Å². The van der Waals surface area contributed by atoms with Gasteiger partial charge in [-0.05, 0) is 18.2 Å². The van der Waals surface area contributed by atoms with Crippen molar-refractivity contribution in [1.82, 2.24) is 4.98 Å². The Labute approximate surface area is 112 Å². The van der Waals surface area contributed by atoms with Gasteiger partial charge in [0.25, 0.3) is 5.88 Å². The molecule has 0 radical (unpaired) electrons. The van der Waals surface area contributed by atoms with E-state index in [0.29, 0.717) is 6.07 Å². The molecule has 0 saturated carbocycles. The summed E-state index contributed by atoms with van der Waals surface area (Å²) in [5, 5.41) is 8.89. The molecule has 104 valence electrons. The fraction of sp³-hybridized carbons (Fsp3) is 0.0769. The van der Waals surface area contributed by atoms with Gasteiger partial charge < -0.3 is 14.6 Å². The molecule has 7 heteroatoms. The van der Waals surface area contributed by atoms with Crippen LogP contribution in [0.1, 0.15) is 10.4 Å². The molecule has 2 rings (SSSR count). The third-order valence-corrected chi connectivity index (χ3v) is 2.39. The smallest absolute Gasteiger partial charge is 0.335 e. The molecule has 1 aromatic heterocycles. The Bertz CT molecular complexity index is 661. The second kappa shape index (κ2) is 5.52. The Kier molecular flexibility index (Phi) is 3.79. The molecule has 1 N–H and O–H groups in total. The molecule has 20 heavy (non-hydrogen) atoms. The number of methoxy groups -OCH3 is 1. The van der Waals surface area contributed by atoms with Gasteiger partial charge in [-0.1, -0.05) is 0 Å². The maximum atomic E-state index is 13.4. The number of carboxylic acid groups (broad SMARTS) is 1. The van der Waals surface area contributed by atoms with E-state index in [1.165, 1.54) is 19.2 Å². The number of ether oxygens (including phenoxy) is 2. The molecule has 1 aromatic carbocycles.